The van der Waals surface area contributed by atoms with Crippen molar-refractivity contribution in [2.75, 3.05) is 26.2 Å². The molecule has 1 amide bonds. The molecule has 5 rings (SSSR count). The number of carbonyl (C=O) groups is 1. The molecule has 1 saturated heterocycles. The number of nitrogens with zero attached hydrogens (tertiary/aromatic N) is 1. The van der Waals surface area contributed by atoms with Crippen LogP contribution < -0.4 is 5.32 Å². The smallest absolute Gasteiger partial charge is 0.233 e. The molecule has 178 valence electrons. The number of thioether (sulfide) groups is 1. The maximum atomic E-state index is 12.9. The predicted molar refractivity (Wildman–Crippen MR) is 144 cm³/mol. The van der Waals surface area contributed by atoms with Gasteiger partial charge in [-0.1, -0.05) is 54.6 Å². The molecular formula is C27H34Cl2N2OS. The molecule has 2 aromatic rings. The molecular weight excluding hydrogens is 471 g/mol. The number of nitrogens with one attached hydrogen (secondary N) is 1. The predicted octanol–water partition coefficient (Wildman–Crippen LogP) is 5.97. The number of rotatable bonds is 7. The highest BCUT2D eigenvalue weighted by Gasteiger charge is 2.34. The van der Waals surface area contributed by atoms with E-state index in [2.05, 4.69) is 70.9 Å². The normalized spacial score (nSPS) is 21.6. The van der Waals surface area contributed by atoms with Crippen LogP contribution in [0, 0.1) is 5.92 Å². The molecule has 2 aromatic carbocycles. The van der Waals surface area contributed by atoms with Crippen LogP contribution in [0.1, 0.15) is 48.3 Å². The maximum absolute atomic E-state index is 12.9. The van der Waals surface area contributed by atoms with Crippen molar-refractivity contribution in [1.29, 1.82) is 0 Å². The van der Waals surface area contributed by atoms with Crippen molar-refractivity contribution in [3.8, 4) is 0 Å². The molecule has 1 fully saturated rings. The molecule has 0 aromatic heterocycles. The Bertz CT molecular complexity index is 944. The van der Waals surface area contributed by atoms with E-state index in [1.807, 2.05) is 0 Å². The first-order valence-corrected chi connectivity index (χ1v) is 12.7. The second-order valence-electron chi connectivity index (χ2n) is 9.19. The summed E-state index contributed by atoms with van der Waals surface area (Å²) in [5, 5.41) is 3.33. The Hall–Kier alpha value is -1.46. The van der Waals surface area contributed by atoms with Crippen molar-refractivity contribution in [2.45, 2.75) is 48.2 Å². The van der Waals surface area contributed by atoms with Gasteiger partial charge in [0.25, 0.3) is 0 Å². The van der Waals surface area contributed by atoms with Crippen molar-refractivity contribution in [3.63, 3.8) is 0 Å². The number of amides is 1. The fraction of sp³-hybridized carbons (Fsp3) is 0.444. The first-order valence-electron chi connectivity index (χ1n) is 11.8. The van der Waals surface area contributed by atoms with Gasteiger partial charge in [-0.2, -0.15) is 0 Å². The number of halogens is 2. The molecule has 2 atom stereocenters. The zero-order valence-corrected chi connectivity index (χ0v) is 21.4. The molecule has 2 unspecified atom stereocenters. The Morgan fingerprint density at radius 1 is 1.03 bits per heavy atom. The molecule has 3 aliphatic rings. The maximum Gasteiger partial charge on any atom is 0.233 e. The number of piperidine rings is 1. The zero-order valence-electron chi connectivity index (χ0n) is 18.9. The Labute approximate surface area is 214 Å². The van der Waals surface area contributed by atoms with Gasteiger partial charge in [-0.3, -0.25) is 4.79 Å². The Balaban J connectivity index is 0.00000153. The average Bonchev–Trinajstić information content (AvgIpc) is 3.23. The van der Waals surface area contributed by atoms with Crippen LogP contribution in [0.4, 0.5) is 0 Å². The fourth-order valence-corrected chi connectivity index (χ4v) is 6.59. The molecule has 0 radical (unpaired) electrons. The summed E-state index contributed by atoms with van der Waals surface area (Å²) < 4.78 is 0. The molecule has 2 aliphatic heterocycles. The van der Waals surface area contributed by atoms with E-state index >= 15 is 0 Å². The highest BCUT2D eigenvalue weighted by atomic mass is 35.5. The summed E-state index contributed by atoms with van der Waals surface area (Å²) in [7, 11) is 0. The first-order chi connectivity index (χ1) is 15.3. The van der Waals surface area contributed by atoms with Gasteiger partial charge in [0.1, 0.15) is 0 Å². The SMILES string of the molecule is Cl.Cl.O=C(NCC1CCN(CCCc2ccccc2)CC1)C1CC2C=Cc3cccc(c32)S1. The van der Waals surface area contributed by atoms with Crippen molar-refractivity contribution < 1.29 is 4.79 Å². The third kappa shape index (κ3) is 6.36. The minimum Gasteiger partial charge on any atom is -0.355 e. The van der Waals surface area contributed by atoms with Crippen molar-refractivity contribution in [1.82, 2.24) is 10.2 Å². The number of carbonyl (C=O) groups excluding carboxylic acids is 1. The van der Waals surface area contributed by atoms with Crippen molar-refractivity contribution in [3.05, 3.63) is 71.3 Å². The lowest BCUT2D eigenvalue weighted by molar-refractivity contribution is -0.121. The highest BCUT2D eigenvalue weighted by molar-refractivity contribution is 8.00. The number of hydrogen-bond donors (Lipinski definition) is 1. The number of likely N-dealkylation sites (tertiary alicyclic amines) is 1. The van der Waals surface area contributed by atoms with Crippen LogP contribution in [0.2, 0.25) is 0 Å². The lowest BCUT2D eigenvalue weighted by atomic mass is 9.94. The van der Waals surface area contributed by atoms with Crippen LogP contribution >= 0.6 is 36.6 Å². The van der Waals surface area contributed by atoms with Gasteiger partial charge in [0.2, 0.25) is 5.91 Å². The Kier molecular flexibility index (Phi) is 9.75. The average molecular weight is 506 g/mol. The minimum atomic E-state index is 0. The number of benzene rings is 2. The summed E-state index contributed by atoms with van der Waals surface area (Å²) in [5.41, 5.74) is 4.22. The van der Waals surface area contributed by atoms with Gasteiger partial charge in [0, 0.05) is 17.4 Å². The topological polar surface area (TPSA) is 32.3 Å². The number of hydrogen-bond acceptors (Lipinski definition) is 3. The van der Waals surface area contributed by atoms with Crippen molar-refractivity contribution >= 4 is 48.6 Å². The molecule has 1 aliphatic carbocycles. The van der Waals surface area contributed by atoms with Gasteiger partial charge in [-0.15, -0.1) is 36.6 Å². The van der Waals surface area contributed by atoms with Gasteiger partial charge >= 0.3 is 0 Å². The van der Waals surface area contributed by atoms with E-state index in [1.165, 1.54) is 47.4 Å². The number of allylic oxidation sites excluding steroid dienone is 1. The summed E-state index contributed by atoms with van der Waals surface area (Å²) in [5.74, 6) is 1.27. The summed E-state index contributed by atoms with van der Waals surface area (Å²) in [6, 6.07) is 17.3. The highest BCUT2D eigenvalue weighted by Crippen LogP contribution is 2.47. The second-order valence-corrected chi connectivity index (χ2v) is 10.4. The molecule has 0 spiro atoms. The standard InChI is InChI=1S/C27H32N2OS.2ClH/c30-27(25-18-23-12-11-22-9-4-10-24(31-25)26(22)23)28-19-21-13-16-29(17-14-21)15-5-8-20-6-2-1-3-7-20;;/h1-4,6-7,9-12,21,23,25H,5,8,13-19H2,(H,28,30);2*1H. The lowest BCUT2D eigenvalue weighted by Gasteiger charge is -2.33. The van der Waals surface area contributed by atoms with Gasteiger partial charge < -0.3 is 10.2 Å². The summed E-state index contributed by atoms with van der Waals surface area (Å²) in [4.78, 5) is 16.8. The van der Waals surface area contributed by atoms with Crippen LogP contribution in [0.3, 0.4) is 0 Å². The molecule has 33 heavy (non-hydrogen) atoms. The minimum absolute atomic E-state index is 0. The third-order valence-corrected chi connectivity index (χ3v) is 8.36. The number of aryl methyl sites for hydroxylation is 1. The zero-order chi connectivity index (χ0) is 21.0. The summed E-state index contributed by atoms with van der Waals surface area (Å²) >= 11 is 1.76. The molecule has 1 N–H and O–H groups in total. The summed E-state index contributed by atoms with van der Waals surface area (Å²) in [6.45, 7) is 4.34. The van der Waals surface area contributed by atoms with Crippen LogP contribution in [0.15, 0.2) is 59.5 Å². The van der Waals surface area contributed by atoms with Crippen LogP contribution in [0.25, 0.3) is 6.08 Å². The molecule has 3 nitrogen and oxygen atoms in total. The van der Waals surface area contributed by atoms with E-state index < -0.39 is 0 Å². The van der Waals surface area contributed by atoms with E-state index in [1.54, 1.807) is 11.8 Å². The van der Waals surface area contributed by atoms with Gasteiger partial charge in [0.15, 0.2) is 0 Å². The summed E-state index contributed by atoms with van der Waals surface area (Å²) in [6.07, 6.45) is 10.2. The molecule has 6 heteroatoms. The first kappa shape index (κ1) is 26.2. The van der Waals surface area contributed by atoms with E-state index in [-0.39, 0.29) is 36.0 Å². The Morgan fingerprint density at radius 3 is 2.61 bits per heavy atom. The lowest BCUT2D eigenvalue weighted by Crippen LogP contribution is -2.41. The van der Waals surface area contributed by atoms with Crippen LogP contribution in [-0.4, -0.2) is 42.2 Å². The van der Waals surface area contributed by atoms with Crippen molar-refractivity contribution in [2.24, 2.45) is 5.92 Å². The molecule has 2 heterocycles. The second kappa shape index (κ2) is 12.3. The largest absolute Gasteiger partial charge is 0.355 e. The fourth-order valence-electron chi connectivity index (χ4n) is 5.24. The molecule has 0 bridgehead atoms. The van der Waals surface area contributed by atoms with E-state index in [0.29, 0.717) is 11.8 Å². The van der Waals surface area contributed by atoms with Gasteiger partial charge in [0.05, 0.1) is 5.25 Å². The molecule has 0 saturated carbocycles. The van der Waals surface area contributed by atoms with Crippen LogP contribution in [-0.2, 0) is 11.2 Å². The quantitative estimate of drug-likeness (QED) is 0.504. The van der Waals surface area contributed by atoms with E-state index in [9.17, 15) is 4.79 Å². The van der Waals surface area contributed by atoms with E-state index in [0.717, 1.165) is 32.5 Å². The van der Waals surface area contributed by atoms with Crippen LogP contribution in [0.5, 0.6) is 0 Å². The Morgan fingerprint density at radius 2 is 1.82 bits per heavy atom. The monoisotopic (exact) mass is 504 g/mol. The van der Waals surface area contributed by atoms with Gasteiger partial charge in [-0.05, 0) is 80.4 Å². The van der Waals surface area contributed by atoms with E-state index in [4.69, 9.17) is 0 Å². The van der Waals surface area contributed by atoms with Gasteiger partial charge in [-0.25, -0.2) is 0 Å². The third-order valence-electron chi connectivity index (χ3n) is 7.06.